The van der Waals surface area contributed by atoms with Crippen molar-refractivity contribution in [3.8, 4) is 0 Å². The van der Waals surface area contributed by atoms with Gasteiger partial charge in [0.05, 0.1) is 11.1 Å². The predicted octanol–water partition coefficient (Wildman–Crippen LogP) is 4.01. The van der Waals surface area contributed by atoms with Gasteiger partial charge in [-0.3, -0.25) is 0 Å². The van der Waals surface area contributed by atoms with Crippen molar-refractivity contribution in [3.63, 3.8) is 0 Å². The molecule has 4 N–H and O–H groups in total. The van der Waals surface area contributed by atoms with Crippen LogP contribution in [-0.4, -0.2) is 25.2 Å². The minimum absolute atomic E-state index is 0.0948. The highest BCUT2D eigenvalue weighted by atomic mass is 79.9. The number of nitrogen functional groups attached to an aromatic ring is 2. The maximum Gasteiger partial charge on any atom is 0.340 e. The van der Waals surface area contributed by atoms with Crippen LogP contribution in [-0.2, 0) is 9.47 Å². The monoisotopic (exact) mass is 484 g/mol. The van der Waals surface area contributed by atoms with Crippen LogP contribution in [0.3, 0.4) is 0 Å². The van der Waals surface area contributed by atoms with E-state index in [1.54, 1.807) is 38.1 Å². The van der Waals surface area contributed by atoms with Crippen molar-refractivity contribution >= 4 is 55.2 Å². The lowest BCUT2D eigenvalue weighted by Crippen LogP contribution is -2.16. The Balaban J connectivity index is 1.93. The van der Waals surface area contributed by atoms with Gasteiger partial charge in [0, 0.05) is 20.3 Å². The smallest absolute Gasteiger partial charge is 0.340 e. The number of halogens is 2. The number of hydrogen-bond acceptors (Lipinski definition) is 6. The first-order valence-corrected chi connectivity index (χ1v) is 9.24. The van der Waals surface area contributed by atoms with Crippen LogP contribution in [0, 0.1) is 13.8 Å². The van der Waals surface area contributed by atoms with Crippen molar-refractivity contribution in [2.75, 3.05) is 24.7 Å². The molecule has 26 heavy (non-hydrogen) atoms. The summed E-state index contributed by atoms with van der Waals surface area (Å²) in [7, 11) is 0. The Labute approximate surface area is 168 Å². The molecule has 0 saturated heterocycles. The molecule has 2 aromatic rings. The van der Waals surface area contributed by atoms with E-state index in [1.807, 2.05) is 0 Å². The molecule has 0 saturated carbocycles. The molecule has 0 spiro atoms. The van der Waals surface area contributed by atoms with Gasteiger partial charge in [0.2, 0.25) is 0 Å². The van der Waals surface area contributed by atoms with E-state index in [0.29, 0.717) is 11.4 Å². The highest BCUT2D eigenvalue weighted by Crippen LogP contribution is 2.25. The third-order valence-corrected chi connectivity index (χ3v) is 4.61. The van der Waals surface area contributed by atoms with Crippen LogP contribution < -0.4 is 11.5 Å². The van der Waals surface area contributed by atoms with Gasteiger partial charge in [0.15, 0.2) is 0 Å². The summed E-state index contributed by atoms with van der Waals surface area (Å²) < 4.78 is 11.7. The van der Waals surface area contributed by atoms with Gasteiger partial charge in [-0.1, -0.05) is 31.9 Å². The second-order valence-electron chi connectivity index (χ2n) is 5.64. The average molecular weight is 486 g/mol. The lowest BCUT2D eigenvalue weighted by atomic mass is 10.1. The molecule has 0 aliphatic carbocycles. The molecule has 0 aliphatic heterocycles. The standard InChI is InChI=1S/C18H18Br2N2O4/c1-9-5-11(19)7-13(15(9)21)17(23)25-3-4-26-18(24)14-8-12(20)6-10(2)16(14)22/h5-8H,3-4,21-22H2,1-2H3. The molecular formula is C18H18Br2N2O4. The molecule has 6 nitrogen and oxygen atoms in total. The zero-order chi connectivity index (χ0) is 19.4. The zero-order valence-electron chi connectivity index (χ0n) is 14.3. The van der Waals surface area contributed by atoms with Gasteiger partial charge in [0.25, 0.3) is 0 Å². The molecule has 0 amide bonds. The van der Waals surface area contributed by atoms with E-state index in [9.17, 15) is 9.59 Å². The molecule has 2 rings (SSSR count). The second-order valence-corrected chi connectivity index (χ2v) is 7.47. The van der Waals surface area contributed by atoms with Gasteiger partial charge in [-0.2, -0.15) is 0 Å². The van der Waals surface area contributed by atoms with Crippen LogP contribution in [0.1, 0.15) is 31.8 Å². The topological polar surface area (TPSA) is 105 Å². The number of nitrogens with two attached hydrogens (primary N) is 2. The fraction of sp³-hybridized carbons (Fsp3) is 0.222. The van der Waals surface area contributed by atoms with Crippen LogP contribution in [0.4, 0.5) is 11.4 Å². The first-order chi connectivity index (χ1) is 12.2. The number of aryl methyl sites for hydroxylation is 2. The summed E-state index contributed by atoms with van der Waals surface area (Å²) in [6, 6.07) is 6.78. The number of benzene rings is 2. The van der Waals surface area contributed by atoms with Gasteiger partial charge in [0.1, 0.15) is 13.2 Å². The van der Waals surface area contributed by atoms with Gasteiger partial charge in [-0.25, -0.2) is 9.59 Å². The van der Waals surface area contributed by atoms with Crippen LogP contribution in [0.5, 0.6) is 0 Å². The molecule has 0 radical (unpaired) electrons. The summed E-state index contributed by atoms with van der Waals surface area (Å²) in [5.41, 5.74) is 14.6. The maximum absolute atomic E-state index is 12.1. The first kappa shape index (κ1) is 20.3. The highest BCUT2D eigenvalue weighted by molar-refractivity contribution is 9.10. The Kier molecular flexibility index (Phi) is 6.66. The number of esters is 2. The Bertz CT molecular complexity index is 797. The lowest BCUT2D eigenvalue weighted by Gasteiger charge is -2.11. The van der Waals surface area contributed by atoms with Crippen molar-refractivity contribution in [1.29, 1.82) is 0 Å². The number of ether oxygens (including phenoxy) is 2. The fourth-order valence-corrected chi connectivity index (χ4v) is 3.42. The number of rotatable bonds is 5. The van der Waals surface area contributed by atoms with Crippen molar-refractivity contribution in [2.24, 2.45) is 0 Å². The third-order valence-electron chi connectivity index (χ3n) is 3.69. The van der Waals surface area contributed by atoms with E-state index in [2.05, 4.69) is 31.9 Å². The second kappa shape index (κ2) is 8.55. The molecule has 138 valence electrons. The molecule has 8 heteroatoms. The average Bonchev–Trinajstić information content (AvgIpc) is 2.57. The maximum atomic E-state index is 12.1. The van der Waals surface area contributed by atoms with E-state index >= 15 is 0 Å². The zero-order valence-corrected chi connectivity index (χ0v) is 17.4. The van der Waals surface area contributed by atoms with Gasteiger partial charge >= 0.3 is 11.9 Å². The molecular weight excluding hydrogens is 468 g/mol. The van der Waals surface area contributed by atoms with Crippen molar-refractivity contribution in [2.45, 2.75) is 13.8 Å². The number of carbonyl (C=O) groups excluding carboxylic acids is 2. The van der Waals surface area contributed by atoms with Gasteiger partial charge in [-0.15, -0.1) is 0 Å². The minimum Gasteiger partial charge on any atom is -0.458 e. The van der Waals surface area contributed by atoms with Crippen LogP contribution in [0.25, 0.3) is 0 Å². The molecule has 0 fully saturated rings. The van der Waals surface area contributed by atoms with Crippen LogP contribution in [0.2, 0.25) is 0 Å². The first-order valence-electron chi connectivity index (χ1n) is 7.66. The van der Waals surface area contributed by atoms with Gasteiger partial charge < -0.3 is 20.9 Å². The Morgan fingerprint density at radius 1 is 0.808 bits per heavy atom. The van der Waals surface area contributed by atoms with E-state index in [0.717, 1.165) is 20.1 Å². The minimum atomic E-state index is -0.583. The number of hydrogen-bond donors (Lipinski definition) is 2. The largest absolute Gasteiger partial charge is 0.458 e. The third kappa shape index (κ3) is 4.76. The summed E-state index contributed by atoms with van der Waals surface area (Å²) in [4.78, 5) is 24.3. The molecule has 0 atom stereocenters. The fourth-order valence-electron chi connectivity index (χ4n) is 2.27. The highest BCUT2D eigenvalue weighted by Gasteiger charge is 2.16. The predicted molar refractivity (Wildman–Crippen MR) is 107 cm³/mol. The summed E-state index contributed by atoms with van der Waals surface area (Å²) in [6.45, 7) is 3.40. The summed E-state index contributed by atoms with van der Waals surface area (Å²) in [6.07, 6.45) is 0. The van der Waals surface area contributed by atoms with Crippen molar-refractivity contribution in [1.82, 2.24) is 0 Å². The van der Waals surface area contributed by atoms with Crippen LogP contribution in [0.15, 0.2) is 33.2 Å². The normalized spacial score (nSPS) is 10.5. The lowest BCUT2D eigenvalue weighted by molar-refractivity contribution is 0.0266. The van der Waals surface area contributed by atoms with E-state index in [1.165, 1.54) is 0 Å². The number of carbonyl (C=O) groups is 2. The molecule has 0 aliphatic rings. The van der Waals surface area contributed by atoms with Crippen LogP contribution >= 0.6 is 31.9 Å². The van der Waals surface area contributed by atoms with E-state index in [-0.39, 0.29) is 24.3 Å². The Morgan fingerprint density at radius 3 is 1.50 bits per heavy atom. The molecule has 2 aromatic carbocycles. The summed E-state index contributed by atoms with van der Waals surface area (Å²) in [5.74, 6) is -1.17. The van der Waals surface area contributed by atoms with Gasteiger partial charge in [-0.05, 0) is 49.2 Å². The Morgan fingerprint density at radius 2 is 1.15 bits per heavy atom. The van der Waals surface area contributed by atoms with Crippen molar-refractivity contribution in [3.05, 3.63) is 55.5 Å². The van der Waals surface area contributed by atoms with E-state index in [4.69, 9.17) is 20.9 Å². The quantitative estimate of drug-likeness (QED) is 0.376. The number of anilines is 2. The van der Waals surface area contributed by atoms with E-state index < -0.39 is 11.9 Å². The molecule has 0 unspecified atom stereocenters. The summed E-state index contributed by atoms with van der Waals surface area (Å²) in [5, 5.41) is 0. The molecule has 0 aromatic heterocycles. The molecule has 0 bridgehead atoms. The Hall–Kier alpha value is -2.06. The molecule has 0 heterocycles. The van der Waals surface area contributed by atoms with Crippen molar-refractivity contribution < 1.29 is 19.1 Å². The SMILES string of the molecule is Cc1cc(Br)cc(C(=O)OCCOC(=O)c2cc(Br)cc(C)c2N)c1N. The summed E-state index contributed by atoms with van der Waals surface area (Å²) >= 11 is 6.62.